The summed E-state index contributed by atoms with van der Waals surface area (Å²) in [4.78, 5) is 11.4. The Hall–Kier alpha value is -2.49. The van der Waals surface area contributed by atoms with Crippen LogP contribution in [0.5, 0.6) is 0 Å². The number of nitrogens with one attached hydrogen (secondary N) is 1. The Morgan fingerprint density at radius 2 is 1.80 bits per heavy atom. The third-order valence-electron chi connectivity index (χ3n) is 3.15. The first-order valence-electron chi connectivity index (χ1n) is 6.64. The van der Waals surface area contributed by atoms with E-state index in [0.29, 0.717) is 16.9 Å². The zero-order valence-corrected chi connectivity index (χ0v) is 11.3. The van der Waals surface area contributed by atoms with Crippen molar-refractivity contribution < 1.29 is 4.79 Å². The Bertz CT molecular complexity index is 582. The standard InChI is InChI=1S/C16H19N3O/c17-14-10-4-9-13(16(18)20)15(14)19-11-5-8-12-6-2-1-3-7-12/h1-4,6-7,9-10,19H,5,8,11,17H2,(H2,18,20). The van der Waals surface area contributed by atoms with E-state index in [1.54, 1.807) is 18.2 Å². The van der Waals surface area contributed by atoms with Crippen molar-refractivity contribution in [2.24, 2.45) is 5.73 Å². The van der Waals surface area contributed by atoms with Crippen LogP contribution in [0.2, 0.25) is 0 Å². The van der Waals surface area contributed by atoms with Gasteiger partial charge in [0.15, 0.2) is 0 Å². The van der Waals surface area contributed by atoms with E-state index in [2.05, 4.69) is 17.4 Å². The van der Waals surface area contributed by atoms with E-state index in [1.165, 1.54) is 5.56 Å². The molecule has 0 aromatic heterocycles. The van der Waals surface area contributed by atoms with Gasteiger partial charge in [-0.2, -0.15) is 0 Å². The number of para-hydroxylation sites is 1. The number of benzene rings is 2. The van der Waals surface area contributed by atoms with Gasteiger partial charge in [-0.25, -0.2) is 0 Å². The molecule has 0 fully saturated rings. The lowest BCUT2D eigenvalue weighted by Crippen LogP contribution is -2.16. The number of nitrogens with two attached hydrogens (primary N) is 2. The largest absolute Gasteiger partial charge is 0.397 e. The van der Waals surface area contributed by atoms with Gasteiger partial charge in [0.05, 0.1) is 16.9 Å². The number of rotatable bonds is 6. The highest BCUT2D eigenvalue weighted by atomic mass is 16.1. The van der Waals surface area contributed by atoms with Gasteiger partial charge in [0, 0.05) is 6.54 Å². The summed E-state index contributed by atoms with van der Waals surface area (Å²) in [5, 5.41) is 3.21. The van der Waals surface area contributed by atoms with Gasteiger partial charge in [0.2, 0.25) is 0 Å². The SMILES string of the molecule is NC(=O)c1cccc(N)c1NCCCc1ccccc1. The first kappa shape index (κ1) is 13.9. The van der Waals surface area contributed by atoms with Crippen LogP contribution in [0, 0.1) is 0 Å². The van der Waals surface area contributed by atoms with E-state index < -0.39 is 5.91 Å². The molecule has 2 aromatic carbocycles. The number of primary amides is 1. The van der Waals surface area contributed by atoms with E-state index >= 15 is 0 Å². The molecule has 0 atom stereocenters. The van der Waals surface area contributed by atoms with Crippen molar-refractivity contribution in [2.45, 2.75) is 12.8 Å². The second kappa shape index (κ2) is 6.61. The van der Waals surface area contributed by atoms with Crippen LogP contribution in [-0.4, -0.2) is 12.5 Å². The van der Waals surface area contributed by atoms with Gasteiger partial charge in [-0.15, -0.1) is 0 Å². The summed E-state index contributed by atoms with van der Waals surface area (Å²) in [6.45, 7) is 0.739. The number of carbonyl (C=O) groups is 1. The first-order chi connectivity index (χ1) is 9.68. The molecule has 0 aliphatic heterocycles. The molecule has 4 nitrogen and oxygen atoms in total. The summed E-state index contributed by atoms with van der Waals surface area (Å²) in [5.41, 5.74) is 14.1. The minimum absolute atomic E-state index is 0.435. The molecule has 2 aromatic rings. The number of aryl methyl sites for hydroxylation is 1. The van der Waals surface area contributed by atoms with Gasteiger partial charge in [-0.1, -0.05) is 36.4 Å². The van der Waals surface area contributed by atoms with Crippen molar-refractivity contribution in [3.63, 3.8) is 0 Å². The fourth-order valence-corrected chi connectivity index (χ4v) is 2.12. The average molecular weight is 269 g/mol. The summed E-state index contributed by atoms with van der Waals surface area (Å²) >= 11 is 0. The molecule has 5 N–H and O–H groups in total. The highest BCUT2D eigenvalue weighted by Crippen LogP contribution is 2.23. The average Bonchev–Trinajstić information content (AvgIpc) is 2.45. The summed E-state index contributed by atoms with van der Waals surface area (Å²) in [6.07, 6.45) is 1.93. The second-order valence-corrected chi connectivity index (χ2v) is 4.65. The molecule has 0 saturated carbocycles. The van der Waals surface area contributed by atoms with Crippen LogP contribution >= 0.6 is 0 Å². The number of hydrogen-bond acceptors (Lipinski definition) is 3. The monoisotopic (exact) mass is 269 g/mol. The normalized spacial score (nSPS) is 10.2. The van der Waals surface area contributed by atoms with Crippen LogP contribution in [0.15, 0.2) is 48.5 Å². The molecule has 0 aliphatic carbocycles. The predicted molar refractivity (Wildman–Crippen MR) is 82.6 cm³/mol. The lowest BCUT2D eigenvalue weighted by atomic mass is 10.1. The van der Waals surface area contributed by atoms with Crippen molar-refractivity contribution in [1.82, 2.24) is 0 Å². The summed E-state index contributed by atoms with van der Waals surface area (Å²) in [6, 6.07) is 15.4. The maximum absolute atomic E-state index is 11.4. The highest BCUT2D eigenvalue weighted by Gasteiger charge is 2.09. The molecule has 0 bridgehead atoms. The minimum Gasteiger partial charge on any atom is -0.397 e. The lowest BCUT2D eigenvalue weighted by Gasteiger charge is -2.12. The van der Waals surface area contributed by atoms with Crippen molar-refractivity contribution in [1.29, 1.82) is 0 Å². The zero-order valence-electron chi connectivity index (χ0n) is 11.3. The molecular weight excluding hydrogens is 250 g/mol. The van der Waals surface area contributed by atoms with Gasteiger partial charge < -0.3 is 16.8 Å². The predicted octanol–water partition coefficient (Wildman–Crippen LogP) is 2.41. The van der Waals surface area contributed by atoms with Crippen molar-refractivity contribution in [3.8, 4) is 0 Å². The van der Waals surface area contributed by atoms with Gasteiger partial charge in [-0.3, -0.25) is 4.79 Å². The van der Waals surface area contributed by atoms with Crippen molar-refractivity contribution in [3.05, 3.63) is 59.7 Å². The quantitative estimate of drug-likeness (QED) is 0.556. The smallest absolute Gasteiger partial charge is 0.250 e. The number of hydrogen-bond donors (Lipinski definition) is 3. The van der Waals surface area contributed by atoms with Crippen LogP contribution in [-0.2, 0) is 6.42 Å². The molecule has 4 heteroatoms. The second-order valence-electron chi connectivity index (χ2n) is 4.65. The molecule has 0 saturated heterocycles. The third kappa shape index (κ3) is 3.51. The molecule has 1 amide bonds. The maximum Gasteiger partial charge on any atom is 0.250 e. The number of carbonyl (C=O) groups excluding carboxylic acids is 1. The molecule has 20 heavy (non-hydrogen) atoms. The van der Waals surface area contributed by atoms with E-state index in [-0.39, 0.29) is 0 Å². The van der Waals surface area contributed by atoms with E-state index in [1.807, 2.05) is 18.2 Å². The molecule has 2 rings (SSSR count). The van der Waals surface area contributed by atoms with Crippen LogP contribution in [0.4, 0.5) is 11.4 Å². The molecule has 0 spiro atoms. The molecule has 0 unspecified atom stereocenters. The van der Waals surface area contributed by atoms with Crippen LogP contribution in [0.1, 0.15) is 22.3 Å². The Labute approximate surface area is 118 Å². The fraction of sp³-hybridized carbons (Fsp3) is 0.188. The number of amides is 1. The molecular formula is C16H19N3O. The van der Waals surface area contributed by atoms with Gasteiger partial charge >= 0.3 is 0 Å². The summed E-state index contributed by atoms with van der Waals surface area (Å²) < 4.78 is 0. The minimum atomic E-state index is -0.470. The molecule has 0 heterocycles. The molecule has 0 radical (unpaired) electrons. The van der Waals surface area contributed by atoms with Crippen molar-refractivity contribution in [2.75, 3.05) is 17.6 Å². The summed E-state index contributed by atoms with van der Waals surface area (Å²) in [5.74, 6) is -0.470. The lowest BCUT2D eigenvalue weighted by molar-refractivity contribution is 0.100. The number of anilines is 2. The van der Waals surface area contributed by atoms with Crippen LogP contribution in [0.3, 0.4) is 0 Å². The molecule has 0 aliphatic rings. The van der Waals surface area contributed by atoms with Crippen molar-refractivity contribution >= 4 is 17.3 Å². The van der Waals surface area contributed by atoms with E-state index in [9.17, 15) is 4.79 Å². The Morgan fingerprint density at radius 1 is 1.05 bits per heavy atom. The Balaban J connectivity index is 1.93. The zero-order chi connectivity index (χ0) is 14.4. The van der Waals surface area contributed by atoms with Gasteiger partial charge in [0.25, 0.3) is 5.91 Å². The molecule has 104 valence electrons. The number of nitrogen functional groups attached to an aromatic ring is 1. The van der Waals surface area contributed by atoms with Crippen LogP contribution in [0.25, 0.3) is 0 Å². The van der Waals surface area contributed by atoms with E-state index in [0.717, 1.165) is 19.4 Å². The van der Waals surface area contributed by atoms with Gasteiger partial charge in [-0.05, 0) is 30.5 Å². The maximum atomic E-state index is 11.4. The fourth-order valence-electron chi connectivity index (χ4n) is 2.12. The third-order valence-corrected chi connectivity index (χ3v) is 3.15. The van der Waals surface area contributed by atoms with Crippen LogP contribution < -0.4 is 16.8 Å². The van der Waals surface area contributed by atoms with E-state index in [4.69, 9.17) is 11.5 Å². The Morgan fingerprint density at radius 3 is 2.50 bits per heavy atom. The highest BCUT2D eigenvalue weighted by molar-refractivity contribution is 6.01. The summed E-state index contributed by atoms with van der Waals surface area (Å²) in [7, 11) is 0. The Kier molecular flexibility index (Phi) is 4.60. The first-order valence-corrected chi connectivity index (χ1v) is 6.64. The van der Waals surface area contributed by atoms with Gasteiger partial charge in [0.1, 0.15) is 0 Å². The topological polar surface area (TPSA) is 81.1 Å².